The summed E-state index contributed by atoms with van der Waals surface area (Å²) < 4.78 is 69.2. The van der Waals surface area contributed by atoms with Crippen molar-refractivity contribution in [2.75, 3.05) is 22.4 Å². The monoisotopic (exact) mass is 434 g/mol. The highest BCUT2D eigenvalue weighted by Crippen LogP contribution is 2.37. The van der Waals surface area contributed by atoms with Gasteiger partial charge in [-0.1, -0.05) is 17.7 Å². The van der Waals surface area contributed by atoms with E-state index in [0.29, 0.717) is 0 Å². The molecule has 0 bridgehead atoms. The first-order valence-electron chi connectivity index (χ1n) is 7.87. The summed E-state index contributed by atoms with van der Waals surface area (Å²) in [6.45, 7) is -0.350. The van der Waals surface area contributed by atoms with Crippen molar-refractivity contribution in [2.45, 2.75) is 12.3 Å². The molecule has 1 atom stereocenters. The van der Waals surface area contributed by atoms with Crippen molar-refractivity contribution in [1.29, 1.82) is 0 Å². The zero-order valence-electron chi connectivity index (χ0n) is 14.3. The fourth-order valence-electron chi connectivity index (χ4n) is 2.67. The van der Waals surface area contributed by atoms with Crippen molar-refractivity contribution in [3.63, 3.8) is 0 Å². The van der Waals surface area contributed by atoms with E-state index in [9.17, 15) is 26.4 Å². The minimum Gasteiger partial charge on any atom is -0.476 e. The Morgan fingerprint density at radius 2 is 1.96 bits per heavy atom. The second-order valence-electron chi connectivity index (χ2n) is 6.08. The maximum atomic E-state index is 12.8. The molecule has 0 unspecified atom stereocenters. The van der Waals surface area contributed by atoms with Crippen molar-refractivity contribution in [3.8, 4) is 5.75 Å². The minimum atomic E-state index is -4.56. The molecule has 1 aliphatic rings. The third-order valence-electron chi connectivity index (χ3n) is 3.94. The maximum Gasteiger partial charge on any atom is 0.416 e. The Balaban J connectivity index is 1.86. The van der Waals surface area contributed by atoms with Gasteiger partial charge in [-0.05, 0) is 36.4 Å². The van der Waals surface area contributed by atoms with Crippen LogP contribution in [0.15, 0.2) is 42.5 Å². The number of nitrogens with zero attached hydrogens (tertiary/aromatic N) is 1. The second kappa shape index (κ2) is 7.17. The molecule has 0 aliphatic carbocycles. The van der Waals surface area contributed by atoms with Gasteiger partial charge in [0.05, 0.1) is 24.1 Å². The molecule has 0 fully saturated rings. The predicted molar refractivity (Wildman–Crippen MR) is 98.1 cm³/mol. The maximum absolute atomic E-state index is 12.8. The first kappa shape index (κ1) is 20.3. The Morgan fingerprint density at radius 1 is 1.25 bits per heavy atom. The lowest BCUT2D eigenvalue weighted by atomic mass is 10.1. The highest BCUT2D eigenvalue weighted by Gasteiger charge is 2.36. The molecule has 6 nitrogen and oxygen atoms in total. The number of amides is 1. The average Bonchev–Trinajstić information content (AvgIpc) is 2.59. The Morgan fingerprint density at radius 3 is 2.61 bits per heavy atom. The Kier molecular flexibility index (Phi) is 5.20. The molecule has 2 aromatic carbocycles. The van der Waals surface area contributed by atoms with Crippen LogP contribution >= 0.6 is 11.6 Å². The van der Waals surface area contributed by atoms with Gasteiger partial charge in [0, 0.05) is 10.7 Å². The van der Waals surface area contributed by atoms with Crippen molar-refractivity contribution in [3.05, 3.63) is 53.1 Å². The largest absolute Gasteiger partial charge is 0.476 e. The Labute approximate surface area is 163 Å². The number of carbonyl (C=O) groups is 1. The van der Waals surface area contributed by atoms with Crippen LogP contribution in [0.25, 0.3) is 0 Å². The first-order valence-corrected chi connectivity index (χ1v) is 10.1. The van der Waals surface area contributed by atoms with E-state index < -0.39 is 33.8 Å². The van der Waals surface area contributed by atoms with Crippen LogP contribution in [0.2, 0.25) is 5.02 Å². The molecule has 3 rings (SSSR count). The molecule has 1 N–H and O–H groups in total. The van der Waals surface area contributed by atoms with Crippen LogP contribution in [0.1, 0.15) is 5.56 Å². The van der Waals surface area contributed by atoms with E-state index in [0.717, 1.165) is 28.8 Å². The molecule has 0 spiro atoms. The van der Waals surface area contributed by atoms with Crippen LogP contribution in [-0.2, 0) is 21.0 Å². The Hall–Kier alpha value is -2.46. The predicted octanol–water partition coefficient (Wildman–Crippen LogP) is 3.52. The second-order valence-corrected chi connectivity index (χ2v) is 8.42. The molecular formula is C17H14ClF3N2O4S. The summed E-state index contributed by atoms with van der Waals surface area (Å²) in [5.41, 5.74) is -0.832. The number of sulfonamides is 1. The number of hydrogen-bond acceptors (Lipinski definition) is 4. The number of ether oxygens (including phenoxy) is 1. The molecule has 1 heterocycles. The van der Waals surface area contributed by atoms with Gasteiger partial charge in [0.1, 0.15) is 5.75 Å². The molecule has 0 aromatic heterocycles. The number of alkyl halides is 3. The van der Waals surface area contributed by atoms with Gasteiger partial charge in [0.15, 0.2) is 6.10 Å². The van der Waals surface area contributed by atoms with E-state index in [1.165, 1.54) is 24.3 Å². The van der Waals surface area contributed by atoms with Gasteiger partial charge in [-0.25, -0.2) is 8.42 Å². The highest BCUT2D eigenvalue weighted by atomic mass is 35.5. The molecule has 11 heteroatoms. The smallest absolute Gasteiger partial charge is 0.416 e. The van der Waals surface area contributed by atoms with Gasteiger partial charge in [-0.15, -0.1) is 0 Å². The molecular weight excluding hydrogens is 421 g/mol. The fourth-order valence-corrected chi connectivity index (χ4v) is 3.74. The van der Waals surface area contributed by atoms with Crippen molar-refractivity contribution >= 4 is 38.9 Å². The quantitative estimate of drug-likeness (QED) is 0.802. The van der Waals surface area contributed by atoms with E-state index in [2.05, 4.69) is 5.32 Å². The van der Waals surface area contributed by atoms with Crippen LogP contribution in [0.5, 0.6) is 5.75 Å². The van der Waals surface area contributed by atoms with Crippen LogP contribution in [0.3, 0.4) is 0 Å². The topological polar surface area (TPSA) is 75.7 Å². The van der Waals surface area contributed by atoms with Gasteiger partial charge in [-0.3, -0.25) is 9.10 Å². The summed E-state index contributed by atoms with van der Waals surface area (Å²) >= 11 is 5.90. The summed E-state index contributed by atoms with van der Waals surface area (Å²) in [7, 11) is -3.76. The van der Waals surface area contributed by atoms with Gasteiger partial charge < -0.3 is 10.1 Å². The van der Waals surface area contributed by atoms with Crippen LogP contribution in [0.4, 0.5) is 24.5 Å². The average molecular weight is 435 g/mol. The molecule has 0 saturated heterocycles. The number of anilines is 2. The van der Waals surface area contributed by atoms with Crippen LogP contribution in [-0.4, -0.2) is 33.2 Å². The van der Waals surface area contributed by atoms with E-state index >= 15 is 0 Å². The lowest BCUT2D eigenvalue weighted by Gasteiger charge is -2.34. The number of nitrogens with one attached hydrogen (secondary N) is 1. The van der Waals surface area contributed by atoms with Crippen LogP contribution < -0.4 is 14.4 Å². The summed E-state index contributed by atoms with van der Waals surface area (Å²) in [5, 5.41) is 2.61. The summed E-state index contributed by atoms with van der Waals surface area (Å²) in [4.78, 5) is 12.5. The van der Waals surface area contributed by atoms with E-state index in [1.54, 1.807) is 0 Å². The number of hydrogen-bond donors (Lipinski definition) is 1. The normalized spacial score (nSPS) is 16.9. The fraction of sp³-hybridized carbons (Fsp3) is 0.235. The zero-order valence-corrected chi connectivity index (χ0v) is 15.9. The molecule has 150 valence electrons. The van der Waals surface area contributed by atoms with E-state index in [-0.39, 0.29) is 28.7 Å². The summed E-state index contributed by atoms with van der Waals surface area (Å²) in [6, 6.07) is 8.37. The number of fused-ring (bicyclic) bond motifs is 1. The molecule has 1 aliphatic heterocycles. The van der Waals surface area contributed by atoms with Crippen molar-refractivity contribution < 1.29 is 31.1 Å². The van der Waals surface area contributed by atoms with Crippen LogP contribution in [0, 0.1) is 0 Å². The van der Waals surface area contributed by atoms with Crippen molar-refractivity contribution in [1.82, 2.24) is 0 Å². The molecule has 28 heavy (non-hydrogen) atoms. The highest BCUT2D eigenvalue weighted by molar-refractivity contribution is 7.92. The lowest BCUT2D eigenvalue weighted by molar-refractivity contribution is -0.137. The molecule has 1 amide bonds. The minimum absolute atomic E-state index is 0.0868. The lowest BCUT2D eigenvalue weighted by Crippen LogP contribution is -2.48. The standard InChI is InChI=1S/C17H14ClF3N2O4S/c1-28(25,26)23-9-15(27-14-6-5-11(18)8-13(14)23)16(24)22-12-4-2-3-10(7-12)17(19,20)21/h2-8,15H,9H2,1H3,(H,22,24)/t15-/m0/s1. The summed E-state index contributed by atoms with van der Waals surface area (Å²) in [6.07, 6.45) is -4.86. The zero-order chi connectivity index (χ0) is 20.7. The molecule has 0 radical (unpaired) electrons. The number of halogens is 4. The number of rotatable bonds is 3. The number of benzene rings is 2. The molecule has 0 saturated carbocycles. The SMILES string of the molecule is CS(=O)(=O)N1C[C@@H](C(=O)Nc2cccc(C(F)(F)F)c2)Oc2ccc(Cl)cc21. The first-order chi connectivity index (χ1) is 12.9. The molecule has 2 aromatic rings. The summed E-state index contributed by atoms with van der Waals surface area (Å²) in [5.74, 6) is -0.668. The van der Waals surface area contributed by atoms with Gasteiger partial charge >= 0.3 is 6.18 Å². The van der Waals surface area contributed by atoms with Crippen molar-refractivity contribution in [2.24, 2.45) is 0 Å². The third kappa shape index (κ3) is 4.33. The van der Waals surface area contributed by atoms with E-state index in [1.807, 2.05) is 0 Å². The van der Waals surface area contributed by atoms with Gasteiger partial charge in [-0.2, -0.15) is 13.2 Å². The van der Waals surface area contributed by atoms with E-state index in [4.69, 9.17) is 16.3 Å². The van der Waals surface area contributed by atoms with Gasteiger partial charge in [0.2, 0.25) is 10.0 Å². The van der Waals surface area contributed by atoms with Gasteiger partial charge in [0.25, 0.3) is 5.91 Å². The third-order valence-corrected chi connectivity index (χ3v) is 5.32. The Bertz CT molecular complexity index is 1030. The number of carbonyl (C=O) groups excluding carboxylic acids is 1.